The first-order valence-corrected chi connectivity index (χ1v) is 14.5. The maximum absolute atomic E-state index is 14.0. The second kappa shape index (κ2) is 13.5. The van der Waals surface area contributed by atoms with Crippen LogP contribution in [0.25, 0.3) is 0 Å². The fourth-order valence-electron chi connectivity index (χ4n) is 5.71. The van der Waals surface area contributed by atoms with Gasteiger partial charge in [-0.3, -0.25) is 19.2 Å². The lowest BCUT2D eigenvalue weighted by atomic mass is 10.00. The molecule has 2 aromatic carbocycles. The summed E-state index contributed by atoms with van der Waals surface area (Å²) in [6.07, 6.45) is 4.51. The van der Waals surface area contributed by atoms with Crippen molar-refractivity contribution in [3.8, 4) is 0 Å². The van der Waals surface area contributed by atoms with Gasteiger partial charge in [-0.15, -0.1) is 0 Å². The Kier molecular flexibility index (Phi) is 10.1. The average Bonchev–Trinajstić information content (AvgIpc) is 3.45. The van der Waals surface area contributed by atoms with Crippen LogP contribution in [0.3, 0.4) is 0 Å². The molecule has 2 unspecified atom stereocenters. The molecule has 2 aromatic rings. The van der Waals surface area contributed by atoms with Gasteiger partial charge in [0.15, 0.2) is 6.17 Å². The summed E-state index contributed by atoms with van der Waals surface area (Å²) in [6.45, 7) is 2.45. The van der Waals surface area contributed by atoms with E-state index in [-0.39, 0.29) is 29.5 Å². The number of nitrogens with zero attached hydrogens (tertiary/aromatic N) is 2. The van der Waals surface area contributed by atoms with E-state index in [9.17, 15) is 24.3 Å². The van der Waals surface area contributed by atoms with Crippen molar-refractivity contribution in [2.45, 2.75) is 70.5 Å². The van der Waals surface area contributed by atoms with Gasteiger partial charge in [0, 0.05) is 25.1 Å². The molecule has 8 nitrogen and oxygen atoms in total. The summed E-state index contributed by atoms with van der Waals surface area (Å²) < 4.78 is 0. The zero-order valence-corrected chi connectivity index (χ0v) is 24.1. The summed E-state index contributed by atoms with van der Waals surface area (Å²) in [5.41, 5.74) is 1.79. The van der Waals surface area contributed by atoms with Crippen molar-refractivity contribution in [1.82, 2.24) is 15.1 Å². The van der Waals surface area contributed by atoms with Crippen LogP contribution in [-0.2, 0) is 14.4 Å². The molecule has 2 N–H and O–H groups in total. The minimum absolute atomic E-state index is 0.191. The Morgan fingerprint density at radius 2 is 1.70 bits per heavy atom. The van der Waals surface area contributed by atoms with Gasteiger partial charge in [-0.1, -0.05) is 78.7 Å². The first kappa shape index (κ1) is 29.9. The van der Waals surface area contributed by atoms with Gasteiger partial charge in [-0.2, -0.15) is 0 Å². The maximum atomic E-state index is 14.0. The topological polar surface area (TPSA) is 107 Å². The van der Waals surface area contributed by atoms with Crippen molar-refractivity contribution < 1.29 is 24.3 Å². The van der Waals surface area contributed by atoms with Crippen LogP contribution in [0, 0.1) is 12.8 Å². The zero-order valence-electron chi connectivity index (χ0n) is 22.6. The van der Waals surface area contributed by atoms with Crippen LogP contribution in [0.1, 0.15) is 78.9 Å². The number of halogens is 2. The number of carboxylic acid groups (broad SMARTS) is 1. The number of amides is 3. The van der Waals surface area contributed by atoms with Crippen LogP contribution >= 0.6 is 23.2 Å². The van der Waals surface area contributed by atoms with Crippen LogP contribution in [-0.4, -0.2) is 57.9 Å². The van der Waals surface area contributed by atoms with Crippen molar-refractivity contribution in [1.29, 1.82) is 0 Å². The standard InChI is InChI=1S/C30H35Cl2N3O5/c1-19-6-4-9-21(16-19)25(18-27(37)38)33-28(39)29-34(26(36)13-10-20-7-2-3-8-20)14-5-15-35(29)30(40)22-11-12-23(31)24(32)17-22/h4,6,9,11-12,16-17,20,25,29H,2-3,5,7-8,10,13-15,18H2,1H3,(H,33,39)(H,37,38). The predicted molar refractivity (Wildman–Crippen MR) is 153 cm³/mol. The molecule has 1 saturated heterocycles. The van der Waals surface area contributed by atoms with E-state index in [2.05, 4.69) is 5.32 Å². The summed E-state index contributed by atoms with van der Waals surface area (Å²) in [5, 5.41) is 12.9. The molecule has 1 heterocycles. The van der Waals surface area contributed by atoms with Crippen molar-refractivity contribution in [2.24, 2.45) is 5.92 Å². The molecule has 0 spiro atoms. The lowest BCUT2D eigenvalue weighted by Crippen LogP contribution is -2.63. The number of nitrogens with one attached hydrogen (secondary N) is 1. The number of carbonyl (C=O) groups excluding carboxylic acids is 3. The first-order valence-electron chi connectivity index (χ1n) is 13.8. The third-order valence-corrected chi connectivity index (χ3v) is 8.49. The number of aliphatic carboxylic acids is 1. The Morgan fingerprint density at radius 3 is 2.38 bits per heavy atom. The van der Waals surface area contributed by atoms with E-state index < -0.39 is 30.0 Å². The molecule has 10 heteroatoms. The van der Waals surface area contributed by atoms with Gasteiger partial charge in [0.2, 0.25) is 5.91 Å². The lowest BCUT2D eigenvalue weighted by molar-refractivity contribution is -0.150. The summed E-state index contributed by atoms with van der Waals surface area (Å²) in [7, 11) is 0. The molecule has 1 aliphatic heterocycles. The molecule has 1 aliphatic carbocycles. The van der Waals surface area contributed by atoms with Gasteiger partial charge in [0.1, 0.15) is 0 Å². The molecule has 4 rings (SSSR count). The van der Waals surface area contributed by atoms with Crippen molar-refractivity contribution in [3.63, 3.8) is 0 Å². The van der Waals surface area contributed by atoms with E-state index in [0.29, 0.717) is 35.9 Å². The molecular formula is C30H35Cl2N3O5. The Bertz CT molecular complexity index is 1260. The van der Waals surface area contributed by atoms with Gasteiger partial charge in [0.05, 0.1) is 22.5 Å². The molecule has 3 amide bonds. The molecule has 1 saturated carbocycles. The number of carbonyl (C=O) groups is 4. The number of benzene rings is 2. The predicted octanol–water partition coefficient (Wildman–Crippen LogP) is 5.61. The first-order chi connectivity index (χ1) is 19.1. The van der Waals surface area contributed by atoms with Crippen LogP contribution in [0.4, 0.5) is 0 Å². The monoisotopic (exact) mass is 587 g/mol. The minimum Gasteiger partial charge on any atom is -0.481 e. The smallest absolute Gasteiger partial charge is 0.305 e. The molecule has 40 heavy (non-hydrogen) atoms. The van der Waals surface area contributed by atoms with Gasteiger partial charge >= 0.3 is 5.97 Å². The lowest BCUT2D eigenvalue weighted by Gasteiger charge is -2.43. The SMILES string of the molecule is Cc1cccc(C(CC(=O)O)NC(=O)C2N(C(=O)CCC3CCCC3)CCCN2C(=O)c2ccc(Cl)c(Cl)c2)c1. The van der Waals surface area contributed by atoms with Gasteiger partial charge < -0.3 is 20.2 Å². The Hall–Kier alpha value is -3.10. The highest BCUT2D eigenvalue weighted by Gasteiger charge is 2.41. The number of rotatable bonds is 9. The van der Waals surface area contributed by atoms with E-state index in [1.807, 2.05) is 19.1 Å². The van der Waals surface area contributed by atoms with Crippen LogP contribution < -0.4 is 5.32 Å². The summed E-state index contributed by atoms with van der Waals surface area (Å²) in [5.74, 6) is -1.84. The van der Waals surface area contributed by atoms with Gasteiger partial charge in [-0.25, -0.2) is 0 Å². The number of carboxylic acids is 1. The summed E-state index contributed by atoms with van der Waals surface area (Å²) in [6, 6.07) is 10.9. The molecule has 0 radical (unpaired) electrons. The van der Waals surface area contributed by atoms with Crippen LogP contribution in [0.5, 0.6) is 0 Å². The third kappa shape index (κ3) is 7.34. The molecule has 214 valence electrons. The average molecular weight is 589 g/mol. The van der Waals surface area contributed by atoms with Crippen molar-refractivity contribution >= 4 is 46.9 Å². The van der Waals surface area contributed by atoms with E-state index in [4.69, 9.17) is 23.2 Å². The van der Waals surface area contributed by atoms with Crippen LogP contribution in [0.15, 0.2) is 42.5 Å². The van der Waals surface area contributed by atoms with Gasteiger partial charge in [-0.05, 0) is 49.4 Å². The number of hydrogen-bond donors (Lipinski definition) is 2. The Balaban J connectivity index is 1.63. The highest BCUT2D eigenvalue weighted by Crippen LogP contribution is 2.30. The molecular weight excluding hydrogens is 553 g/mol. The zero-order chi connectivity index (χ0) is 28.8. The summed E-state index contributed by atoms with van der Waals surface area (Å²) >= 11 is 12.2. The number of hydrogen-bond acceptors (Lipinski definition) is 4. The van der Waals surface area contributed by atoms with Gasteiger partial charge in [0.25, 0.3) is 11.8 Å². The fourth-order valence-corrected chi connectivity index (χ4v) is 6.00. The van der Waals surface area contributed by atoms with E-state index in [1.54, 1.807) is 12.1 Å². The quantitative estimate of drug-likeness (QED) is 0.397. The van der Waals surface area contributed by atoms with E-state index >= 15 is 0 Å². The Morgan fingerprint density at radius 1 is 0.975 bits per heavy atom. The highest BCUT2D eigenvalue weighted by molar-refractivity contribution is 6.42. The van der Waals surface area contributed by atoms with E-state index in [0.717, 1.165) is 24.8 Å². The number of aryl methyl sites for hydroxylation is 1. The second-order valence-electron chi connectivity index (χ2n) is 10.7. The largest absolute Gasteiger partial charge is 0.481 e. The second-order valence-corrected chi connectivity index (χ2v) is 11.5. The highest BCUT2D eigenvalue weighted by atomic mass is 35.5. The minimum atomic E-state index is -1.23. The maximum Gasteiger partial charge on any atom is 0.305 e. The van der Waals surface area contributed by atoms with E-state index in [1.165, 1.54) is 40.8 Å². The normalized spacial score (nSPS) is 18.4. The third-order valence-electron chi connectivity index (χ3n) is 7.75. The molecule has 2 fully saturated rings. The molecule has 2 aliphatic rings. The van der Waals surface area contributed by atoms with Crippen molar-refractivity contribution in [3.05, 3.63) is 69.2 Å². The van der Waals surface area contributed by atoms with Crippen LogP contribution in [0.2, 0.25) is 10.0 Å². The summed E-state index contributed by atoms with van der Waals surface area (Å²) in [4.78, 5) is 55.7. The van der Waals surface area contributed by atoms with Crippen molar-refractivity contribution in [2.75, 3.05) is 13.1 Å². The molecule has 0 bridgehead atoms. The molecule has 2 atom stereocenters. The Labute approximate surface area is 244 Å². The molecule has 0 aromatic heterocycles. The fraction of sp³-hybridized carbons (Fsp3) is 0.467.